The van der Waals surface area contributed by atoms with Crippen LogP contribution in [-0.4, -0.2) is 10.1 Å². The fraction of sp³-hybridized carbons (Fsp3) is 0.0667. The maximum atomic E-state index is 13.0. The molecule has 0 aliphatic carbocycles. The molecule has 0 saturated heterocycles. The largest absolute Gasteiger partial charge is 0.483 e. The van der Waals surface area contributed by atoms with E-state index >= 15 is 0 Å². The molecule has 3 rings (SSSR count). The Morgan fingerprint density at radius 3 is 2.68 bits per heavy atom. The fourth-order valence-electron chi connectivity index (χ4n) is 1.76. The van der Waals surface area contributed by atoms with Gasteiger partial charge in [-0.1, -0.05) is 16.8 Å². The Balaban J connectivity index is 1.70. The average molecular weight is 384 g/mol. The highest BCUT2D eigenvalue weighted by Crippen LogP contribution is 2.26. The van der Waals surface area contributed by atoms with Crippen LogP contribution in [0.5, 0.6) is 5.75 Å². The molecule has 0 saturated carbocycles. The molecule has 0 aliphatic heterocycles. The Kier molecular flexibility index (Phi) is 4.40. The molecule has 0 unspecified atom stereocenters. The van der Waals surface area contributed by atoms with Gasteiger partial charge in [0.15, 0.2) is 6.61 Å². The lowest BCUT2D eigenvalue weighted by molar-refractivity contribution is 0.241. The van der Waals surface area contributed by atoms with E-state index in [1.54, 1.807) is 24.3 Å². The Morgan fingerprint density at radius 2 is 1.95 bits per heavy atom. The summed E-state index contributed by atoms with van der Waals surface area (Å²) < 4.78 is 24.2. The molecule has 0 N–H and O–H groups in total. The van der Waals surface area contributed by atoms with Crippen LogP contribution in [0, 0.1) is 5.82 Å². The first-order valence-corrected chi connectivity index (χ1v) is 7.45. The first kappa shape index (κ1) is 15.0. The molecule has 0 fully saturated rings. The van der Waals surface area contributed by atoms with E-state index in [1.165, 1.54) is 18.2 Å². The first-order valence-electron chi connectivity index (χ1n) is 6.28. The number of benzene rings is 2. The predicted octanol–water partition coefficient (Wildman–Crippen LogP) is 4.87. The molecule has 22 heavy (non-hydrogen) atoms. The number of ether oxygens (including phenoxy) is 1. The van der Waals surface area contributed by atoms with Gasteiger partial charge in [-0.3, -0.25) is 0 Å². The summed E-state index contributed by atoms with van der Waals surface area (Å²) in [7, 11) is 0. The van der Waals surface area contributed by atoms with Crippen LogP contribution < -0.4 is 4.74 Å². The highest BCUT2D eigenvalue weighted by molar-refractivity contribution is 9.10. The summed E-state index contributed by atoms with van der Waals surface area (Å²) in [5, 5.41) is 4.52. The van der Waals surface area contributed by atoms with E-state index in [0.717, 1.165) is 5.56 Å². The Morgan fingerprint density at radius 1 is 1.18 bits per heavy atom. The van der Waals surface area contributed by atoms with Gasteiger partial charge >= 0.3 is 0 Å². The van der Waals surface area contributed by atoms with Gasteiger partial charge in [0.05, 0.1) is 4.47 Å². The van der Waals surface area contributed by atoms with Gasteiger partial charge in [-0.25, -0.2) is 4.39 Å². The van der Waals surface area contributed by atoms with E-state index in [9.17, 15) is 4.39 Å². The van der Waals surface area contributed by atoms with Crippen molar-refractivity contribution in [3.8, 4) is 17.1 Å². The number of hydrogen-bond donors (Lipinski definition) is 0. The summed E-state index contributed by atoms with van der Waals surface area (Å²) in [5.41, 5.74) is 0.794. The van der Waals surface area contributed by atoms with E-state index in [1.807, 2.05) is 0 Å². The van der Waals surface area contributed by atoms with Gasteiger partial charge in [-0.2, -0.15) is 4.98 Å². The molecule has 1 aromatic heterocycles. The maximum Gasteiger partial charge on any atom is 0.264 e. The molecular formula is C15H9BrClFN2O2. The van der Waals surface area contributed by atoms with Crippen molar-refractivity contribution in [1.82, 2.24) is 10.1 Å². The molecule has 112 valence electrons. The van der Waals surface area contributed by atoms with Crippen LogP contribution in [0.3, 0.4) is 0 Å². The van der Waals surface area contributed by atoms with E-state index < -0.39 is 0 Å². The molecule has 1 heterocycles. The second kappa shape index (κ2) is 6.46. The molecule has 0 aliphatic rings. The second-order valence-electron chi connectivity index (χ2n) is 4.38. The monoisotopic (exact) mass is 382 g/mol. The molecule has 0 bridgehead atoms. The molecule has 2 aromatic carbocycles. The third-order valence-corrected chi connectivity index (χ3v) is 3.69. The van der Waals surface area contributed by atoms with E-state index in [4.69, 9.17) is 20.9 Å². The summed E-state index contributed by atoms with van der Waals surface area (Å²) in [6.45, 7) is 0.0881. The lowest BCUT2D eigenvalue weighted by Crippen LogP contribution is -1.96. The highest BCUT2D eigenvalue weighted by atomic mass is 79.9. The van der Waals surface area contributed by atoms with Gasteiger partial charge in [-0.15, -0.1) is 0 Å². The zero-order valence-electron chi connectivity index (χ0n) is 11.1. The molecule has 0 spiro atoms. The van der Waals surface area contributed by atoms with Crippen molar-refractivity contribution in [2.75, 3.05) is 0 Å². The van der Waals surface area contributed by atoms with Crippen LogP contribution >= 0.6 is 27.5 Å². The predicted molar refractivity (Wildman–Crippen MR) is 83.2 cm³/mol. The summed E-state index contributed by atoms with van der Waals surface area (Å²) in [6, 6.07) is 11.3. The molecule has 0 atom stereocenters. The highest BCUT2D eigenvalue weighted by Gasteiger charge is 2.10. The number of rotatable bonds is 4. The lowest BCUT2D eigenvalue weighted by Gasteiger charge is -2.05. The van der Waals surface area contributed by atoms with Crippen molar-refractivity contribution in [1.29, 1.82) is 0 Å². The normalized spacial score (nSPS) is 10.7. The standard InChI is InChI=1S/C15H9BrClFN2O2/c16-12-7-11(18)5-6-13(12)21-8-14-19-15(20-22-14)9-1-3-10(17)4-2-9/h1-7H,8H2. The molecule has 4 nitrogen and oxygen atoms in total. The van der Waals surface area contributed by atoms with Gasteiger partial charge < -0.3 is 9.26 Å². The van der Waals surface area contributed by atoms with Gasteiger partial charge in [0.1, 0.15) is 11.6 Å². The number of aromatic nitrogens is 2. The van der Waals surface area contributed by atoms with E-state index in [2.05, 4.69) is 26.1 Å². The van der Waals surface area contributed by atoms with Crippen LogP contribution in [-0.2, 0) is 6.61 Å². The molecule has 0 amide bonds. The Labute approximate surface area is 139 Å². The van der Waals surface area contributed by atoms with Gasteiger partial charge in [0, 0.05) is 10.6 Å². The van der Waals surface area contributed by atoms with Gasteiger partial charge in [-0.05, 0) is 58.4 Å². The average Bonchev–Trinajstić information content (AvgIpc) is 2.96. The van der Waals surface area contributed by atoms with Crippen molar-refractivity contribution in [3.63, 3.8) is 0 Å². The lowest BCUT2D eigenvalue weighted by atomic mass is 10.2. The number of nitrogens with zero attached hydrogens (tertiary/aromatic N) is 2. The zero-order valence-corrected chi connectivity index (χ0v) is 13.4. The minimum Gasteiger partial charge on any atom is -0.483 e. The zero-order chi connectivity index (χ0) is 15.5. The molecular weight excluding hydrogens is 375 g/mol. The summed E-state index contributed by atoms with van der Waals surface area (Å²) >= 11 is 9.06. The molecule has 3 aromatic rings. The molecule has 0 radical (unpaired) electrons. The van der Waals surface area contributed by atoms with Crippen molar-refractivity contribution < 1.29 is 13.7 Å². The van der Waals surface area contributed by atoms with Crippen molar-refractivity contribution in [2.24, 2.45) is 0 Å². The van der Waals surface area contributed by atoms with Gasteiger partial charge in [0.2, 0.25) is 5.82 Å². The van der Waals surface area contributed by atoms with E-state index in [0.29, 0.717) is 27.0 Å². The van der Waals surface area contributed by atoms with Crippen LogP contribution in [0.2, 0.25) is 5.02 Å². The summed E-state index contributed by atoms with van der Waals surface area (Å²) in [4.78, 5) is 4.24. The van der Waals surface area contributed by atoms with Crippen LogP contribution in [0.1, 0.15) is 5.89 Å². The van der Waals surface area contributed by atoms with Crippen molar-refractivity contribution in [3.05, 3.63) is 63.7 Å². The minimum atomic E-state index is -0.345. The van der Waals surface area contributed by atoms with Crippen LogP contribution in [0.4, 0.5) is 4.39 Å². The summed E-state index contributed by atoms with van der Waals surface area (Å²) in [5.74, 6) is 0.921. The number of halogens is 3. The quantitative estimate of drug-likeness (QED) is 0.645. The van der Waals surface area contributed by atoms with Gasteiger partial charge in [0.25, 0.3) is 5.89 Å². The second-order valence-corrected chi connectivity index (χ2v) is 5.67. The van der Waals surface area contributed by atoms with Crippen LogP contribution in [0.25, 0.3) is 11.4 Å². The third-order valence-electron chi connectivity index (χ3n) is 2.82. The minimum absolute atomic E-state index is 0.0881. The first-order chi connectivity index (χ1) is 10.6. The maximum absolute atomic E-state index is 13.0. The van der Waals surface area contributed by atoms with Crippen molar-refractivity contribution >= 4 is 27.5 Å². The Hall–Kier alpha value is -1.92. The fourth-order valence-corrected chi connectivity index (χ4v) is 2.35. The third kappa shape index (κ3) is 3.45. The smallest absolute Gasteiger partial charge is 0.264 e. The van der Waals surface area contributed by atoms with Crippen LogP contribution in [0.15, 0.2) is 51.5 Å². The Bertz CT molecular complexity index is 792. The number of hydrogen-bond acceptors (Lipinski definition) is 4. The topological polar surface area (TPSA) is 48.2 Å². The molecule has 7 heteroatoms. The summed E-state index contributed by atoms with van der Waals surface area (Å²) in [6.07, 6.45) is 0. The SMILES string of the molecule is Fc1ccc(OCc2nc(-c3ccc(Cl)cc3)no2)c(Br)c1. The van der Waals surface area contributed by atoms with E-state index in [-0.39, 0.29) is 12.4 Å². The van der Waals surface area contributed by atoms with Crippen molar-refractivity contribution in [2.45, 2.75) is 6.61 Å².